The maximum Gasteiger partial charge on any atom is 0.244 e. The zero-order valence-electron chi connectivity index (χ0n) is 20.2. The first-order valence-corrected chi connectivity index (χ1v) is 14.0. The highest BCUT2D eigenvalue weighted by Gasteiger charge is 2.33. The van der Waals surface area contributed by atoms with E-state index in [2.05, 4.69) is 5.32 Å². The van der Waals surface area contributed by atoms with Gasteiger partial charge in [0.1, 0.15) is 12.6 Å². The van der Waals surface area contributed by atoms with E-state index in [1.165, 1.54) is 4.90 Å². The monoisotopic (exact) mass is 541 g/mol. The first-order chi connectivity index (χ1) is 17.0. The molecule has 2 amide bonds. The number of sulfonamides is 1. The van der Waals surface area contributed by atoms with Gasteiger partial charge in [0.05, 0.1) is 11.9 Å². The summed E-state index contributed by atoms with van der Waals surface area (Å²) in [6.07, 6.45) is 4.94. The van der Waals surface area contributed by atoms with Gasteiger partial charge in [0, 0.05) is 23.7 Å². The second-order valence-electron chi connectivity index (χ2n) is 8.93. The van der Waals surface area contributed by atoms with Crippen molar-refractivity contribution in [2.45, 2.75) is 57.7 Å². The number of anilines is 1. The fourth-order valence-corrected chi connectivity index (χ4v) is 5.29. The number of carbonyl (C=O) groups is 2. The molecule has 0 heterocycles. The van der Waals surface area contributed by atoms with Gasteiger partial charge in [-0.1, -0.05) is 43.5 Å². The van der Waals surface area contributed by atoms with Crippen molar-refractivity contribution in [2.24, 2.45) is 0 Å². The van der Waals surface area contributed by atoms with Crippen LogP contribution in [-0.2, 0) is 26.2 Å². The summed E-state index contributed by atoms with van der Waals surface area (Å²) in [5.41, 5.74) is 0.498. The standard InChI is InChI=1S/C25H30ClF2N3O4S/c1-3-23(25(33)29-19-6-4-5-7-19)30(15-17-8-10-18(26)11-9-17)24(32)16-31(36(2,34)35)20-12-13-21(27)22(28)14-20/h8-14,19,23H,3-7,15-16H2,1-2H3,(H,29,33). The molecule has 1 unspecified atom stereocenters. The van der Waals surface area contributed by atoms with Gasteiger partial charge in [0.25, 0.3) is 0 Å². The lowest BCUT2D eigenvalue weighted by molar-refractivity contribution is -0.140. The fraction of sp³-hybridized carbons (Fsp3) is 0.440. The molecule has 196 valence electrons. The number of hydrogen-bond acceptors (Lipinski definition) is 4. The average molecular weight is 542 g/mol. The Hall–Kier alpha value is -2.72. The van der Waals surface area contributed by atoms with Crippen LogP contribution in [0.1, 0.15) is 44.6 Å². The van der Waals surface area contributed by atoms with Crippen LogP contribution >= 0.6 is 11.6 Å². The quantitative estimate of drug-likeness (QED) is 0.487. The van der Waals surface area contributed by atoms with Crippen LogP contribution in [0.5, 0.6) is 0 Å². The van der Waals surface area contributed by atoms with Crippen molar-refractivity contribution in [2.75, 3.05) is 17.1 Å². The van der Waals surface area contributed by atoms with Gasteiger partial charge in [0.2, 0.25) is 21.8 Å². The Morgan fingerprint density at radius 3 is 2.28 bits per heavy atom. The van der Waals surface area contributed by atoms with Gasteiger partial charge in [-0.15, -0.1) is 0 Å². The molecule has 3 rings (SSSR count). The van der Waals surface area contributed by atoms with Crippen molar-refractivity contribution in [3.8, 4) is 0 Å². The number of carbonyl (C=O) groups excluding carboxylic acids is 2. The number of benzene rings is 2. The van der Waals surface area contributed by atoms with Crippen molar-refractivity contribution < 1.29 is 26.8 Å². The number of nitrogens with zero attached hydrogens (tertiary/aromatic N) is 2. The molecular weight excluding hydrogens is 512 g/mol. The van der Waals surface area contributed by atoms with E-state index in [0.29, 0.717) is 21.3 Å². The zero-order valence-corrected chi connectivity index (χ0v) is 21.8. The van der Waals surface area contributed by atoms with Gasteiger partial charge in [0.15, 0.2) is 11.6 Å². The number of rotatable bonds is 10. The molecule has 0 radical (unpaired) electrons. The Bertz CT molecular complexity index is 1190. The van der Waals surface area contributed by atoms with Gasteiger partial charge in [-0.3, -0.25) is 13.9 Å². The smallest absolute Gasteiger partial charge is 0.244 e. The molecule has 1 fully saturated rings. The van der Waals surface area contributed by atoms with Gasteiger partial charge >= 0.3 is 0 Å². The van der Waals surface area contributed by atoms with E-state index in [1.807, 2.05) is 0 Å². The molecule has 1 saturated carbocycles. The zero-order chi connectivity index (χ0) is 26.5. The van der Waals surface area contributed by atoms with E-state index in [9.17, 15) is 26.8 Å². The summed E-state index contributed by atoms with van der Waals surface area (Å²) in [5, 5.41) is 3.52. The molecule has 0 saturated heterocycles. The Balaban J connectivity index is 1.92. The minimum absolute atomic E-state index is 0.0297. The summed E-state index contributed by atoms with van der Waals surface area (Å²) in [4.78, 5) is 28.1. The third-order valence-corrected chi connectivity index (χ3v) is 7.62. The summed E-state index contributed by atoms with van der Waals surface area (Å²) in [6, 6.07) is 8.52. The molecular formula is C25H30ClF2N3O4S. The largest absolute Gasteiger partial charge is 0.352 e. The van der Waals surface area contributed by atoms with Crippen molar-refractivity contribution in [3.05, 3.63) is 64.7 Å². The molecule has 2 aromatic rings. The molecule has 36 heavy (non-hydrogen) atoms. The summed E-state index contributed by atoms with van der Waals surface area (Å²) in [6.45, 7) is 1.11. The number of hydrogen-bond donors (Lipinski definition) is 1. The molecule has 7 nitrogen and oxygen atoms in total. The van der Waals surface area contributed by atoms with Crippen LogP contribution in [0, 0.1) is 11.6 Å². The predicted molar refractivity (Wildman–Crippen MR) is 135 cm³/mol. The van der Waals surface area contributed by atoms with Crippen LogP contribution in [0.15, 0.2) is 42.5 Å². The molecule has 1 aliphatic rings. The Morgan fingerprint density at radius 1 is 1.08 bits per heavy atom. The molecule has 1 N–H and O–H groups in total. The normalized spacial score (nSPS) is 14.9. The topological polar surface area (TPSA) is 86.8 Å². The first-order valence-electron chi connectivity index (χ1n) is 11.8. The van der Waals surface area contributed by atoms with Crippen LogP contribution in [-0.4, -0.2) is 50.0 Å². The summed E-state index contributed by atoms with van der Waals surface area (Å²) in [7, 11) is -4.05. The van der Waals surface area contributed by atoms with E-state index in [-0.39, 0.29) is 24.2 Å². The van der Waals surface area contributed by atoms with Gasteiger partial charge in [-0.25, -0.2) is 17.2 Å². The maximum atomic E-state index is 13.9. The molecule has 0 aliphatic heterocycles. The van der Waals surface area contributed by atoms with Crippen LogP contribution in [0.25, 0.3) is 0 Å². The Labute approximate surface area is 215 Å². The average Bonchev–Trinajstić information content (AvgIpc) is 3.32. The Morgan fingerprint density at radius 2 is 1.72 bits per heavy atom. The lowest BCUT2D eigenvalue weighted by Gasteiger charge is -2.33. The minimum Gasteiger partial charge on any atom is -0.352 e. The summed E-state index contributed by atoms with van der Waals surface area (Å²) < 4.78 is 53.1. The second kappa shape index (κ2) is 12.0. The first kappa shape index (κ1) is 27.9. The van der Waals surface area contributed by atoms with Crippen molar-refractivity contribution in [1.29, 1.82) is 0 Å². The van der Waals surface area contributed by atoms with Crippen molar-refractivity contribution in [3.63, 3.8) is 0 Å². The van der Waals surface area contributed by atoms with Gasteiger partial charge in [-0.05, 0) is 49.1 Å². The molecule has 0 bridgehead atoms. The highest BCUT2D eigenvalue weighted by molar-refractivity contribution is 7.92. The number of amides is 2. The van der Waals surface area contributed by atoms with Gasteiger partial charge < -0.3 is 10.2 Å². The molecule has 11 heteroatoms. The van der Waals surface area contributed by atoms with Crippen LogP contribution < -0.4 is 9.62 Å². The maximum absolute atomic E-state index is 13.9. The highest BCUT2D eigenvalue weighted by atomic mass is 35.5. The molecule has 0 spiro atoms. The van der Waals surface area contributed by atoms with E-state index in [0.717, 1.165) is 50.1 Å². The fourth-order valence-electron chi connectivity index (χ4n) is 4.33. The number of halogens is 3. The van der Waals surface area contributed by atoms with E-state index < -0.39 is 40.2 Å². The van der Waals surface area contributed by atoms with Crippen molar-refractivity contribution >= 4 is 39.1 Å². The van der Waals surface area contributed by atoms with E-state index in [4.69, 9.17) is 11.6 Å². The third-order valence-electron chi connectivity index (χ3n) is 6.22. The van der Waals surface area contributed by atoms with Crippen LogP contribution in [0.2, 0.25) is 5.02 Å². The third kappa shape index (κ3) is 7.16. The van der Waals surface area contributed by atoms with Crippen molar-refractivity contribution in [1.82, 2.24) is 10.2 Å². The van der Waals surface area contributed by atoms with Crippen LogP contribution in [0.3, 0.4) is 0 Å². The summed E-state index contributed by atoms with van der Waals surface area (Å²) in [5.74, 6) is -3.36. The lowest BCUT2D eigenvalue weighted by Crippen LogP contribution is -2.53. The second-order valence-corrected chi connectivity index (χ2v) is 11.3. The summed E-state index contributed by atoms with van der Waals surface area (Å²) >= 11 is 5.98. The molecule has 1 aliphatic carbocycles. The molecule has 1 atom stereocenters. The minimum atomic E-state index is -4.05. The SMILES string of the molecule is CCC(C(=O)NC1CCCC1)N(Cc1ccc(Cl)cc1)C(=O)CN(c1ccc(F)c(F)c1)S(C)(=O)=O. The van der Waals surface area contributed by atoms with E-state index in [1.54, 1.807) is 31.2 Å². The Kier molecular flexibility index (Phi) is 9.30. The lowest BCUT2D eigenvalue weighted by atomic mass is 10.1. The predicted octanol–water partition coefficient (Wildman–Crippen LogP) is 4.25. The van der Waals surface area contributed by atoms with E-state index >= 15 is 0 Å². The number of nitrogens with one attached hydrogen (secondary N) is 1. The van der Waals surface area contributed by atoms with Crippen LogP contribution in [0.4, 0.5) is 14.5 Å². The highest BCUT2D eigenvalue weighted by Crippen LogP contribution is 2.23. The molecule has 0 aromatic heterocycles. The molecule has 2 aromatic carbocycles. The van der Waals surface area contributed by atoms with Gasteiger partial charge in [-0.2, -0.15) is 0 Å².